The number of benzene rings is 1. The van der Waals surface area contributed by atoms with Gasteiger partial charge in [-0.25, -0.2) is 4.79 Å². The Balaban J connectivity index is 2.87. The third-order valence-electron chi connectivity index (χ3n) is 1.55. The number of hydrogen-bond acceptors (Lipinski definition) is 5. The Morgan fingerprint density at radius 3 is 2.23 bits per heavy atom. The summed E-state index contributed by atoms with van der Waals surface area (Å²) in [6.45, 7) is 0. The van der Waals surface area contributed by atoms with Gasteiger partial charge in [0.1, 0.15) is 0 Å². The largest absolute Gasteiger partial charge is 0.488 e. The maximum absolute atomic E-state index is 10.8. The van der Waals surface area contributed by atoms with Crippen LogP contribution in [0.3, 0.4) is 0 Å². The Bertz CT molecular complexity index is 298. The Labute approximate surface area is 74.8 Å². The van der Waals surface area contributed by atoms with E-state index in [9.17, 15) is 4.79 Å². The molecular weight excluding hydrogens is 173 g/mol. The summed E-state index contributed by atoms with van der Waals surface area (Å²) in [5, 5.41) is 17.5. The lowest BCUT2D eigenvalue weighted by molar-refractivity contribution is 0.0503. The first kappa shape index (κ1) is 9.72. The number of nitrogens with two attached hydrogens (primary N) is 1. The first-order chi connectivity index (χ1) is 6.15. The minimum Gasteiger partial charge on any atom is -0.423 e. The fourth-order valence-electron chi connectivity index (χ4n) is 0.859. The molecule has 0 fully saturated rings. The molecule has 0 radical (unpaired) electrons. The van der Waals surface area contributed by atoms with Crippen LogP contribution in [-0.2, 0) is 4.84 Å². The molecule has 0 heterocycles. The summed E-state index contributed by atoms with van der Waals surface area (Å²) in [6.07, 6.45) is 0. The third-order valence-corrected chi connectivity index (χ3v) is 1.55. The molecule has 13 heavy (non-hydrogen) atoms. The van der Waals surface area contributed by atoms with Crippen LogP contribution in [0.15, 0.2) is 24.3 Å². The molecule has 0 aliphatic heterocycles. The van der Waals surface area contributed by atoms with E-state index >= 15 is 0 Å². The van der Waals surface area contributed by atoms with Gasteiger partial charge in [0.2, 0.25) is 0 Å². The molecule has 1 aromatic rings. The van der Waals surface area contributed by atoms with E-state index in [2.05, 4.69) is 10.7 Å². The van der Waals surface area contributed by atoms with E-state index in [1.165, 1.54) is 24.3 Å². The first-order valence-electron chi connectivity index (χ1n) is 3.52. The normalized spacial score (nSPS) is 9.46. The zero-order chi connectivity index (χ0) is 9.84. The number of carbonyl (C=O) groups excluding carboxylic acids is 1. The average molecular weight is 181 g/mol. The van der Waals surface area contributed by atoms with E-state index in [1.807, 2.05) is 0 Å². The van der Waals surface area contributed by atoms with Crippen molar-refractivity contribution >= 4 is 18.6 Å². The van der Waals surface area contributed by atoms with Crippen molar-refractivity contribution < 1.29 is 19.7 Å². The van der Waals surface area contributed by atoms with Crippen LogP contribution in [0, 0.1) is 0 Å². The van der Waals surface area contributed by atoms with Crippen LogP contribution in [0.1, 0.15) is 10.4 Å². The summed E-state index contributed by atoms with van der Waals surface area (Å²) in [4.78, 5) is 14.8. The van der Waals surface area contributed by atoms with Crippen molar-refractivity contribution in [1.82, 2.24) is 0 Å². The summed E-state index contributed by atoms with van der Waals surface area (Å²) in [7, 11) is -1.54. The van der Waals surface area contributed by atoms with Gasteiger partial charge in [-0.3, -0.25) is 0 Å². The van der Waals surface area contributed by atoms with Crippen LogP contribution in [0.5, 0.6) is 0 Å². The van der Waals surface area contributed by atoms with E-state index in [-0.39, 0.29) is 5.56 Å². The molecule has 0 saturated heterocycles. The zero-order valence-corrected chi connectivity index (χ0v) is 6.68. The minimum absolute atomic E-state index is 0.256. The highest BCUT2D eigenvalue weighted by Gasteiger charge is 2.11. The van der Waals surface area contributed by atoms with Crippen molar-refractivity contribution in [2.75, 3.05) is 0 Å². The van der Waals surface area contributed by atoms with Gasteiger partial charge >= 0.3 is 13.1 Å². The lowest BCUT2D eigenvalue weighted by Crippen LogP contribution is -2.29. The van der Waals surface area contributed by atoms with Gasteiger partial charge in [0.25, 0.3) is 0 Å². The monoisotopic (exact) mass is 181 g/mol. The van der Waals surface area contributed by atoms with Crippen LogP contribution in [0.2, 0.25) is 0 Å². The molecular formula is C7H8BNO4. The molecule has 0 amide bonds. The topological polar surface area (TPSA) is 92.8 Å². The summed E-state index contributed by atoms with van der Waals surface area (Å²) in [5.74, 6) is 3.99. The molecule has 6 heteroatoms. The van der Waals surface area contributed by atoms with Crippen molar-refractivity contribution in [3.63, 3.8) is 0 Å². The molecule has 0 saturated carbocycles. The summed E-state index contributed by atoms with van der Waals surface area (Å²) < 4.78 is 0. The van der Waals surface area contributed by atoms with Crippen LogP contribution < -0.4 is 11.4 Å². The molecule has 68 valence electrons. The highest BCUT2D eigenvalue weighted by molar-refractivity contribution is 6.58. The minimum atomic E-state index is -1.54. The molecule has 0 bridgehead atoms. The molecule has 0 aromatic heterocycles. The second-order valence-corrected chi connectivity index (χ2v) is 2.40. The molecule has 1 rings (SSSR count). The van der Waals surface area contributed by atoms with Crippen molar-refractivity contribution in [2.24, 2.45) is 5.90 Å². The lowest BCUT2D eigenvalue weighted by Gasteiger charge is -2.00. The van der Waals surface area contributed by atoms with E-state index in [0.717, 1.165) is 0 Å². The van der Waals surface area contributed by atoms with Gasteiger partial charge in [-0.15, -0.1) is 0 Å². The van der Waals surface area contributed by atoms with Gasteiger partial charge in [0.05, 0.1) is 5.56 Å². The van der Waals surface area contributed by atoms with Crippen LogP contribution in [0.4, 0.5) is 0 Å². The highest BCUT2D eigenvalue weighted by atomic mass is 16.7. The molecule has 0 spiro atoms. The predicted molar refractivity (Wildman–Crippen MR) is 45.9 cm³/mol. The van der Waals surface area contributed by atoms with Gasteiger partial charge in [-0.2, -0.15) is 5.90 Å². The predicted octanol–water partition coefficient (Wildman–Crippen LogP) is -1.60. The molecule has 1 aromatic carbocycles. The van der Waals surface area contributed by atoms with Gasteiger partial charge < -0.3 is 14.9 Å². The Morgan fingerprint density at radius 2 is 1.85 bits per heavy atom. The highest BCUT2D eigenvalue weighted by Crippen LogP contribution is 1.98. The van der Waals surface area contributed by atoms with Crippen LogP contribution in [0.25, 0.3) is 0 Å². The van der Waals surface area contributed by atoms with Gasteiger partial charge in [0.15, 0.2) is 0 Å². The summed E-state index contributed by atoms with van der Waals surface area (Å²) in [6, 6.07) is 5.59. The first-order valence-corrected chi connectivity index (χ1v) is 3.52. The Kier molecular flexibility index (Phi) is 3.02. The van der Waals surface area contributed by atoms with Crippen molar-refractivity contribution in [3.8, 4) is 0 Å². The van der Waals surface area contributed by atoms with E-state index in [4.69, 9.17) is 10.0 Å². The Morgan fingerprint density at radius 1 is 1.31 bits per heavy atom. The van der Waals surface area contributed by atoms with Crippen LogP contribution >= 0.6 is 0 Å². The number of carbonyl (C=O) groups is 1. The molecule has 0 atom stereocenters. The summed E-state index contributed by atoms with van der Waals surface area (Å²) in [5.41, 5.74) is 0.556. The second kappa shape index (κ2) is 4.04. The van der Waals surface area contributed by atoms with Gasteiger partial charge in [-0.1, -0.05) is 12.1 Å². The molecule has 4 N–H and O–H groups in total. The maximum Gasteiger partial charge on any atom is 0.488 e. The van der Waals surface area contributed by atoms with E-state index < -0.39 is 13.1 Å². The van der Waals surface area contributed by atoms with Crippen molar-refractivity contribution in [1.29, 1.82) is 0 Å². The average Bonchev–Trinajstić information content (AvgIpc) is 2.17. The maximum atomic E-state index is 10.8. The zero-order valence-electron chi connectivity index (χ0n) is 6.68. The lowest BCUT2D eigenvalue weighted by atomic mass is 9.80. The van der Waals surface area contributed by atoms with Crippen molar-refractivity contribution in [3.05, 3.63) is 29.8 Å². The van der Waals surface area contributed by atoms with Gasteiger partial charge in [0, 0.05) is 0 Å². The molecule has 0 unspecified atom stereocenters. The van der Waals surface area contributed by atoms with Crippen molar-refractivity contribution in [2.45, 2.75) is 0 Å². The van der Waals surface area contributed by atoms with E-state index in [0.29, 0.717) is 5.46 Å². The molecule has 5 nitrogen and oxygen atoms in total. The second-order valence-electron chi connectivity index (χ2n) is 2.40. The molecule has 0 aliphatic carbocycles. The smallest absolute Gasteiger partial charge is 0.423 e. The quantitative estimate of drug-likeness (QED) is 0.377. The molecule has 0 aliphatic rings. The third kappa shape index (κ3) is 2.28. The standard InChI is InChI=1S/C7H8BNO4/c9-13-7(10)5-1-3-6(4-2-5)8(11)12/h1-4,11-12H,9H2. The summed E-state index contributed by atoms with van der Waals surface area (Å²) >= 11 is 0. The fraction of sp³-hybridized carbons (Fsp3) is 0. The number of rotatable bonds is 2. The Hall–Kier alpha value is -1.37. The SMILES string of the molecule is NOC(=O)c1ccc(B(O)O)cc1. The van der Waals surface area contributed by atoms with Crippen LogP contribution in [-0.4, -0.2) is 23.1 Å². The van der Waals surface area contributed by atoms with Gasteiger partial charge in [-0.05, 0) is 17.6 Å². The fourth-order valence-corrected chi connectivity index (χ4v) is 0.859. The van der Waals surface area contributed by atoms with E-state index in [1.54, 1.807) is 0 Å². The number of hydrogen-bond donors (Lipinski definition) is 3.